The Bertz CT molecular complexity index is 3390. The van der Waals surface area contributed by atoms with Crippen molar-refractivity contribution in [3.63, 3.8) is 0 Å². The lowest BCUT2D eigenvalue weighted by atomic mass is 9.85. The average Bonchev–Trinajstić information content (AvgIpc) is 3.88. The zero-order valence-corrected chi connectivity index (χ0v) is 38.9. The van der Waals surface area contributed by atoms with E-state index in [4.69, 9.17) is 4.42 Å². The van der Waals surface area contributed by atoms with Gasteiger partial charge in [0, 0.05) is 38.6 Å². The topological polar surface area (TPSA) is 46.8 Å². The van der Waals surface area contributed by atoms with Gasteiger partial charge in [0.15, 0.2) is 0 Å². The minimum absolute atomic E-state index is 0.0465. The Balaban J connectivity index is 1.42. The molecule has 0 saturated heterocycles. The second kappa shape index (κ2) is 13.7. The van der Waals surface area contributed by atoms with Crippen LogP contribution >= 0.6 is 0 Å². The molecule has 0 bridgehead atoms. The largest absolute Gasteiger partial charge is 0.455 e. The third kappa shape index (κ3) is 6.38. The van der Waals surface area contributed by atoms with E-state index in [0.29, 0.717) is 5.56 Å². The van der Waals surface area contributed by atoms with Crippen LogP contribution in [0.1, 0.15) is 111 Å². The van der Waals surface area contributed by atoms with Crippen molar-refractivity contribution >= 4 is 65.6 Å². The van der Waals surface area contributed by atoms with Gasteiger partial charge in [0.05, 0.1) is 38.8 Å². The van der Waals surface area contributed by atoms with Gasteiger partial charge in [-0.1, -0.05) is 156 Å². The van der Waals surface area contributed by atoms with Crippen molar-refractivity contribution in [2.45, 2.75) is 105 Å². The van der Waals surface area contributed by atoms with Gasteiger partial charge in [-0.2, -0.15) is 5.26 Å². The second-order valence-corrected chi connectivity index (χ2v) is 21.9. The molecule has 0 unspecified atom stereocenters. The Kier molecular flexibility index (Phi) is 8.82. The van der Waals surface area contributed by atoms with Gasteiger partial charge < -0.3 is 13.6 Å². The maximum Gasteiger partial charge on any atom is 0.143 e. The molecule has 10 aromatic rings. The summed E-state index contributed by atoms with van der Waals surface area (Å²) in [4.78, 5) is 0. The highest BCUT2D eigenvalue weighted by molar-refractivity contribution is 6.18. The van der Waals surface area contributed by atoms with Crippen LogP contribution in [0.5, 0.6) is 0 Å². The summed E-state index contributed by atoms with van der Waals surface area (Å²) in [5.41, 5.74) is 14.9. The number of hydrogen-bond donors (Lipinski definition) is 0. The first-order chi connectivity index (χ1) is 29.7. The summed E-state index contributed by atoms with van der Waals surface area (Å²) in [6, 6.07) is 49.4. The molecule has 0 radical (unpaired) electrons. The van der Waals surface area contributed by atoms with E-state index in [1.807, 2.05) is 6.07 Å². The molecule has 10 rings (SSSR count). The zero-order valence-electron chi connectivity index (χ0n) is 38.9. The van der Waals surface area contributed by atoms with E-state index in [-0.39, 0.29) is 21.7 Å². The van der Waals surface area contributed by atoms with E-state index in [9.17, 15) is 5.26 Å². The lowest BCUT2D eigenvalue weighted by Gasteiger charge is -2.20. The standard InChI is InChI=1S/C59H57N3O/c1-56(2,3)36-21-25-47-42(29-36)43-30-37(57(4,5)6)22-26-48(43)61(47)51-33-52-53(41-20-16-19-40(55(41)63-52)35-17-14-13-15-18-35)54(46(51)34-60)62-49-27-23-38(58(7,8)9)31-44(49)45-32-39(59(10,11)12)24-28-50(45)62/h13-33H,1-12H3. The number of para-hydroxylation sites is 1. The van der Waals surface area contributed by atoms with Gasteiger partial charge in [-0.25, -0.2) is 0 Å². The van der Waals surface area contributed by atoms with Gasteiger partial charge in [0.1, 0.15) is 22.8 Å². The van der Waals surface area contributed by atoms with E-state index >= 15 is 0 Å². The summed E-state index contributed by atoms with van der Waals surface area (Å²) in [6.07, 6.45) is 0. The predicted octanol–water partition coefficient (Wildman–Crippen LogP) is 16.5. The molecule has 3 heterocycles. The Morgan fingerprint density at radius 2 is 0.873 bits per heavy atom. The monoisotopic (exact) mass is 823 g/mol. The van der Waals surface area contributed by atoms with E-state index in [1.165, 1.54) is 43.8 Å². The van der Waals surface area contributed by atoms with Gasteiger partial charge in [0.2, 0.25) is 0 Å². The number of hydrogen-bond acceptors (Lipinski definition) is 2. The minimum Gasteiger partial charge on any atom is -0.455 e. The number of fused-ring (bicyclic) bond motifs is 9. The maximum atomic E-state index is 11.9. The third-order valence-corrected chi connectivity index (χ3v) is 13.4. The molecule has 7 aromatic carbocycles. The predicted molar refractivity (Wildman–Crippen MR) is 267 cm³/mol. The summed E-state index contributed by atoms with van der Waals surface area (Å²) in [6.45, 7) is 27.3. The maximum absolute atomic E-state index is 11.9. The molecule has 0 aliphatic heterocycles. The van der Waals surface area contributed by atoms with Gasteiger partial charge >= 0.3 is 0 Å². The van der Waals surface area contributed by atoms with Crippen LogP contribution in [0, 0.1) is 11.3 Å². The first-order valence-electron chi connectivity index (χ1n) is 22.4. The Hall–Kier alpha value is -6.57. The number of nitriles is 1. The van der Waals surface area contributed by atoms with Crippen LogP contribution in [-0.2, 0) is 21.7 Å². The van der Waals surface area contributed by atoms with Crippen molar-refractivity contribution in [2.24, 2.45) is 0 Å². The highest BCUT2D eigenvalue weighted by Crippen LogP contribution is 2.47. The summed E-state index contributed by atoms with van der Waals surface area (Å²) < 4.78 is 11.9. The van der Waals surface area contributed by atoms with Crippen molar-refractivity contribution in [3.8, 4) is 28.6 Å². The van der Waals surface area contributed by atoms with E-state index in [0.717, 1.165) is 66.5 Å². The fourth-order valence-corrected chi connectivity index (χ4v) is 9.69. The van der Waals surface area contributed by atoms with Crippen molar-refractivity contribution in [2.75, 3.05) is 0 Å². The fraction of sp³-hybridized carbons (Fsp3) is 0.271. The number of aromatic nitrogens is 2. The smallest absolute Gasteiger partial charge is 0.143 e. The molecule has 0 fully saturated rings. The molecular formula is C59H57N3O. The van der Waals surface area contributed by atoms with Crippen molar-refractivity contribution < 1.29 is 4.42 Å². The highest BCUT2D eigenvalue weighted by atomic mass is 16.3. The Morgan fingerprint density at radius 3 is 1.29 bits per heavy atom. The molecule has 0 N–H and O–H groups in total. The normalized spacial score (nSPS) is 13.1. The van der Waals surface area contributed by atoms with Gasteiger partial charge in [-0.05, 0) is 98.0 Å². The SMILES string of the molecule is CC(C)(C)c1ccc2c(c1)c1cc(C(C)(C)C)ccc1n2-c1cc2oc3c(-c4ccccc4)cccc3c2c(-n2c3ccc(C(C)(C)C)cc3c3cc(C(C)(C)C)ccc32)c1C#N. The lowest BCUT2D eigenvalue weighted by molar-refractivity contribution is 0.590. The Labute approximate surface area is 371 Å². The first-order valence-corrected chi connectivity index (χ1v) is 22.4. The molecule has 0 aliphatic rings. The molecule has 0 spiro atoms. The molecule has 4 heteroatoms. The molecule has 4 nitrogen and oxygen atoms in total. The molecular weight excluding hydrogens is 767 g/mol. The van der Waals surface area contributed by atoms with Crippen molar-refractivity contribution in [1.29, 1.82) is 5.26 Å². The number of furan rings is 1. The van der Waals surface area contributed by atoms with Crippen LogP contribution in [0.25, 0.3) is 88.1 Å². The molecule has 0 aliphatic carbocycles. The first kappa shape index (κ1) is 40.5. The van der Waals surface area contributed by atoms with E-state index in [1.54, 1.807) is 0 Å². The quantitative estimate of drug-likeness (QED) is 0.178. The third-order valence-electron chi connectivity index (χ3n) is 13.4. The molecule has 63 heavy (non-hydrogen) atoms. The van der Waals surface area contributed by atoms with Crippen LogP contribution in [0.4, 0.5) is 0 Å². The molecule has 0 amide bonds. The number of benzene rings is 7. The average molecular weight is 824 g/mol. The van der Waals surface area contributed by atoms with Gasteiger partial charge in [0.25, 0.3) is 0 Å². The number of nitrogens with zero attached hydrogens (tertiary/aromatic N) is 3. The molecule has 314 valence electrons. The van der Waals surface area contributed by atoms with Crippen molar-refractivity contribution in [1.82, 2.24) is 9.13 Å². The van der Waals surface area contributed by atoms with Crippen LogP contribution in [0.2, 0.25) is 0 Å². The second-order valence-electron chi connectivity index (χ2n) is 21.9. The fourth-order valence-electron chi connectivity index (χ4n) is 9.69. The summed E-state index contributed by atoms with van der Waals surface area (Å²) in [7, 11) is 0. The van der Waals surface area contributed by atoms with E-state index < -0.39 is 0 Å². The lowest BCUT2D eigenvalue weighted by Crippen LogP contribution is -2.10. The summed E-state index contributed by atoms with van der Waals surface area (Å²) >= 11 is 0. The van der Waals surface area contributed by atoms with E-state index in [2.05, 4.69) is 220 Å². The molecule has 3 aromatic heterocycles. The molecule has 0 atom stereocenters. The zero-order chi connectivity index (χ0) is 44.5. The minimum atomic E-state index is -0.0555. The summed E-state index contributed by atoms with van der Waals surface area (Å²) in [5, 5.41) is 18.5. The molecule has 0 saturated carbocycles. The van der Waals surface area contributed by atoms with Crippen LogP contribution in [-0.4, -0.2) is 9.13 Å². The summed E-state index contributed by atoms with van der Waals surface area (Å²) in [5.74, 6) is 0. The van der Waals surface area contributed by atoms with Crippen molar-refractivity contribution in [3.05, 3.63) is 155 Å². The van der Waals surface area contributed by atoms with Crippen LogP contribution in [0.3, 0.4) is 0 Å². The number of rotatable bonds is 3. The van der Waals surface area contributed by atoms with Crippen LogP contribution < -0.4 is 0 Å². The highest BCUT2D eigenvalue weighted by Gasteiger charge is 2.29. The van der Waals surface area contributed by atoms with Gasteiger partial charge in [-0.15, -0.1) is 0 Å². The Morgan fingerprint density at radius 1 is 0.444 bits per heavy atom. The van der Waals surface area contributed by atoms with Crippen LogP contribution in [0.15, 0.2) is 132 Å². The van der Waals surface area contributed by atoms with Gasteiger partial charge in [-0.3, -0.25) is 0 Å².